The van der Waals surface area contributed by atoms with E-state index in [1.54, 1.807) is 12.1 Å². The van der Waals surface area contributed by atoms with E-state index in [0.717, 1.165) is 12.0 Å². The third kappa shape index (κ3) is 4.75. The van der Waals surface area contributed by atoms with Crippen molar-refractivity contribution >= 4 is 11.6 Å². The lowest BCUT2D eigenvalue weighted by molar-refractivity contribution is 0.341. The summed E-state index contributed by atoms with van der Waals surface area (Å²) in [5.41, 5.74) is 8.04. The predicted molar refractivity (Wildman–Crippen MR) is 68.9 cm³/mol. The van der Waals surface area contributed by atoms with Gasteiger partial charge < -0.3 is 10.5 Å². The van der Waals surface area contributed by atoms with Crippen molar-refractivity contribution in [1.29, 1.82) is 0 Å². The first-order valence-corrected chi connectivity index (χ1v) is 6.03. The molecule has 1 aromatic rings. The number of ether oxygens (including phenoxy) is 1. The third-order valence-corrected chi connectivity index (χ3v) is 2.62. The van der Waals surface area contributed by atoms with Crippen molar-refractivity contribution in [2.24, 2.45) is 5.73 Å². The first-order chi connectivity index (χ1) is 8.17. The van der Waals surface area contributed by atoms with Crippen molar-refractivity contribution in [3.63, 3.8) is 0 Å². The molecule has 0 spiro atoms. The molecule has 2 N–H and O–H groups in total. The minimum absolute atomic E-state index is 0.0698. The van der Waals surface area contributed by atoms with Crippen LogP contribution >= 0.6 is 11.6 Å². The van der Waals surface area contributed by atoms with Crippen LogP contribution in [0.15, 0.2) is 29.8 Å². The average molecular weight is 258 g/mol. The molecule has 0 saturated carbocycles. The molecule has 0 radical (unpaired) electrons. The van der Waals surface area contributed by atoms with Crippen molar-refractivity contribution in [3.05, 3.63) is 41.2 Å². The van der Waals surface area contributed by atoms with E-state index in [4.69, 9.17) is 22.1 Å². The molecule has 1 atom stereocenters. The smallest absolute Gasteiger partial charge is 0.165 e. The standard InChI is InChI=1S/C13H17ClFNO/c1-2-11(16)8-10-4-5-13(12(15)9-10)17-7-3-6-14/h3-6,9,11H,2,7-8,16H2,1H3/b6-3+. The number of benzene rings is 1. The Bertz CT molecular complexity index is 382. The molecule has 0 aliphatic rings. The summed E-state index contributed by atoms with van der Waals surface area (Å²) in [6.07, 6.45) is 3.15. The van der Waals surface area contributed by atoms with Gasteiger partial charge in [0.1, 0.15) is 6.61 Å². The first-order valence-electron chi connectivity index (χ1n) is 5.59. The lowest BCUT2D eigenvalue weighted by atomic mass is 10.0. The van der Waals surface area contributed by atoms with E-state index in [-0.39, 0.29) is 24.2 Å². The van der Waals surface area contributed by atoms with Crippen LogP contribution in [0.25, 0.3) is 0 Å². The minimum atomic E-state index is -0.367. The fourth-order valence-corrected chi connectivity index (χ4v) is 1.48. The second kappa shape index (κ2) is 7.30. The molecule has 0 aromatic heterocycles. The molecule has 2 nitrogen and oxygen atoms in total. The second-order valence-corrected chi connectivity index (χ2v) is 4.06. The van der Waals surface area contributed by atoms with Crippen LogP contribution in [0.4, 0.5) is 4.39 Å². The highest BCUT2D eigenvalue weighted by Crippen LogP contribution is 2.19. The molecule has 0 saturated heterocycles. The van der Waals surface area contributed by atoms with Gasteiger partial charge in [0.05, 0.1) is 0 Å². The molecular formula is C13H17ClFNO. The summed E-state index contributed by atoms with van der Waals surface area (Å²) in [4.78, 5) is 0. The predicted octanol–water partition coefficient (Wildman–Crippen LogP) is 3.24. The Kier molecular flexibility index (Phi) is 6.01. The van der Waals surface area contributed by atoms with Crippen molar-refractivity contribution in [2.45, 2.75) is 25.8 Å². The van der Waals surface area contributed by atoms with Gasteiger partial charge in [-0.25, -0.2) is 4.39 Å². The van der Waals surface area contributed by atoms with Crippen LogP contribution in [0.2, 0.25) is 0 Å². The normalized spacial score (nSPS) is 12.9. The quantitative estimate of drug-likeness (QED) is 0.849. The van der Waals surface area contributed by atoms with Gasteiger partial charge in [-0.2, -0.15) is 0 Å². The molecule has 1 rings (SSSR count). The first kappa shape index (κ1) is 14.0. The molecule has 0 amide bonds. The largest absolute Gasteiger partial charge is 0.486 e. The third-order valence-electron chi connectivity index (χ3n) is 2.44. The Labute approximate surface area is 106 Å². The fourth-order valence-electron chi connectivity index (χ4n) is 1.41. The molecule has 0 heterocycles. The van der Waals surface area contributed by atoms with Gasteiger partial charge in [-0.15, -0.1) is 0 Å². The highest BCUT2D eigenvalue weighted by molar-refractivity contribution is 6.25. The van der Waals surface area contributed by atoms with E-state index in [1.165, 1.54) is 11.6 Å². The van der Waals surface area contributed by atoms with Crippen LogP contribution in [0, 0.1) is 5.82 Å². The van der Waals surface area contributed by atoms with Gasteiger partial charge in [-0.05, 0) is 36.6 Å². The lowest BCUT2D eigenvalue weighted by Crippen LogP contribution is -2.21. The number of hydrogen-bond acceptors (Lipinski definition) is 2. The Morgan fingerprint density at radius 3 is 2.88 bits per heavy atom. The number of nitrogens with two attached hydrogens (primary N) is 1. The monoisotopic (exact) mass is 257 g/mol. The van der Waals surface area contributed by atoms with Crippen LogP contribution in [-0.4, -0.2) is 12.6 Å². The molecule has 0 aliphatic carbocycles. The molecule has 4 heteroatoms. The number of hydrogen-bond donors (Lipinski definition) is 1. The summed E-state index contributed by atoms with van der Waals surface area (Å²) in [5.74, 6) is -0.137. The maximum atomic E-state index is 13.6. The van der Waals surface area contributed by atoms with Crippen LogP contribution in [0.1, 0.15) is 18.9 Å². The van der Waals surface area contributed by atoms with Crippen LogP contribution in [0.3, 0.4) is 0 Å². The van der Waals surface area contributed by atoms with E-state index in [2.05, 4.69) is 0 Å². The van der Waals surface area contributed by atoms with E-state index in [0.29, 0.717) is 6.42 Å². The molecule has 94 valence electrons. The van der Waals surface area contributed by atoms with Gasteiger partial charge in [0, 0.05) is 11.6 Å². The Hall–Kier alpha value is -1.06. The topological polar surface area (TPSA) is 35.2 Å². The fraction of sp³-hybridized carbons (Fsp3) is 0.385. The highest BCUT2D eigenvalue weighted by Gasteiger charge is 2.06. The van der Waals surface area contributed by atoms with Gasteiger partial charge in [0.15, 0.2) is 11.6 Å². The van der Waals surface area contributed by atoms with Crippen molar-refractivity contribution in [1.82, 2.24) is 0 Å². The second-order valence-electron chi connectivity index (χ2n) is 3.81. The molecule has 0 aliphatic heterocycles. The molecule has 0 bridgehead atoms. The van der Waals surface area contributed by atoms with Crippen molar-refractivity contribution < 1.29 is 9.13 Å². The molecule has 1 aromatic carbocycles. The number of halogens is 2. The molecule has 0 fully saturated rings. The van der Waals surface area contributed by atoms with E-state index in [1.807, 2.05) is 13.0 Å². The zero-order valence-corrected chi connectivity index (χ0v) is 10.6. The van der Waals surface area contributed by atoms with Crippen LogP contribution in [-0.2, 0) is 6.42 Å². The zero-order chi connectivity index (χ0) is 12.7. The summed E-state index contributed by atoms with van der Waals surface area (Å²) in [5, 5.41) is 0. The van der Waals surface area contributed by atoms with Crippen LogP contribution in [0.5, 0.6) is 5.75 Å². The summed E-state index contributed by atoms with van der Waals surface area (Å²) in [6, 6.07) is 4.99. The summed E-state index contributed by atoms with van der Waals surface area (Å²) < 4.78 is 18.8. The number of rotatable bonds is 6. The van der Waals surface area contributed by atoms with Gasteiger partial charge in [-0.1, -0.05) is 24.6 Å². The Morgan fingerprint density at radius 2 is 2.29 bits per heavy atom. The molecular weight excluding hydrogens is 241 g/mol. The molecule has 17 heavy (non-hydrogen) atoms. The summed E-state index contributed by atoms with van der Waals surface area (Å²) in [6.45, 7) is 2.27. The van der Waals surface area contributed by atoms with E-state index in [9.17, 15) is 4.39 Å². The Morgan fingerprint density at radius 1 is 1.53 bits per heavy atom. The SMILES string of the molecule is CCC(N)Cc1ccc(OC/C=C/Cl)c(F)c1. The van der Waals surface area contributed by atoms with Gasteiger partial charge >= 0.3 is 0 Å². The summed E-state index contributed by atoms with van der Waals surface area (Å²) in [7, 11) is 0. The van der Waals surface area contributed by atoms with Crippen molar-refractivity contribution in [2.75, 3.05) is 6.61 Å². The van der Waals surface area contributed by atoms with E-state index >= 15 is 0 Å². The molecule has 1 unspecified atom stereocenters. The average Bonchev–Trinajstić information content (AvgIpc) is 2.32. The highest BCUT2D eigenvalue weighted by atomic mass is 35.5. The van der Waals surface area contributed by atoms with Gasteiger partial charge in [-0.3, -0.25) is 0 Å². The maximum absolute atomic E-state index is 13.6. The maximum Gasteiger partial charge on any atom is 0.165 e. The summed E-state index contributed by atoms with van der Waals surface area (Å²) >= 11 is 5.34. The van der Waals surface area contributed by atoms with E-state index < -0.39 is 0 Å². The van der Waals surface area contributed by atoms with Gasteiger partial charge in [0.2, 0.25) is 0 Å². The zero-order valence-electron chi connectivity index (χ0n) is 9.83. The minimum Gasteiger partial charge on any atom is -0.486 e. The van der Waals surface area contributed by atoms with Gasteiger partial charge in [0.25, 0.3) is 0 Å². The Balaban J connectivity index is 2.65. The lowest BCUT2D eigenvalue weighted by Gasteiger charge is -2.10. The van der Waals surface area contributed by atoms with Crippen molar-refractivity contribution in [3.8, 4) is 5.75 Å². The van der Waals surface area contributed by atoms with Crippen LogP contribution < -0.4 is 10.5 Å².